The lowest BCUT2D eigenvalue weighted by Crippen LogP contribution is -2.45. The van der Waals surface area contributed by atoms with E-state index >= 15 is 0 Å². The maximum absolute atomic E-state index is 12.4. The number of carbonyl (C=O) groups excluding carboxylic acids is 1. The van der Waals surface area contributed by atoms with Gasteiger partial charge in [-0.1, -0.05) is 6.42 Å². The molecule has 0 saturated heterocycles. The third-order valence-corrected chi connectivity index (χ3v) is 5.82. The topological polar surface area (TPSA) is 82.1 Å². The van der Waals surface area contributed by atoms with E-state index in [9.17, 15) is 14.5 Å². The monoisotopic (exact) mass is 280 g/mol. The highest BCUT2D eigenvalue weighted by Crippen LogP contribution is 2.64. The van der Waals surface area contributed by atoms with Gasteiger partial charge in [-0.2, -0.15) is 0 Å². The number of hydrogen-bond donors (Lipinski definition) is 1. The minimum atomic E-state index is -3.75. The summed E-state index contributed by atoms with van der Waals surface area (Å²) in [5, 5.41) is 8.84. The van der Waals surface area contributed by atoms with Crippen LogP contribution in [0.5, 0.6) is 0 Å². The molecule has 0 aromatic rings. The lowest BCUT2D eigenvalue weighted by atomic mass is 9.86. The van der Waals surface area contributed by atoms with Crippen LogP contribution >= 0.6 is 7.60 Å². The van der Waals surface area contributed by atoms with Crippen LogP contribution in [0.25, 0.3) is 0 Å². The second kappa shape index (κ2) is 6.15. The number of aliphatic hydroxyl groups is 1. The van der Waals surface area contributed by atoms with Crippen molar-refractivity contribution in [3.05, 3.63) is 0 Å². The molecule has 1 aliphatic carbocycles. The summed E-state index contributed by atoms with van der Waals surface area (Å²) in [6.45, 7) is 1.90. The van der Waals surface area contributed by atoms with Crippen LogP contribution in [0.1, 0.15) is 32.6 Å². The molecule has 106 valence electrons. The fraction of sp³-hybridized carbons (Fsp3) is 0.909. The minimum absolute atomic E-state index is 0.204. The molecule has 1 fully saturated rings. The van der Waals surface area contributed by atoms with Crippen molar-refractivity contribution in [3.63, 3.8) is 0 Å². The molecule has 0 radical (unpaired) electrons. The third-order valence-electron chi connectivity index (χ3n) is 3.37. The smallest absolute Gasteiger partial charge is 0.362 e. The highest BCUT2D eigenvalue weighted by molar-refractivity contribution is 7.55. The summed E-state index contributed by atoms with van der Waals surface area (Å²) in [7, 11) is -1.33. The standard InChI is InChI=1S/C11H21O6P/c1-4-17-10(12)9-7-5-6-8-11(9,13)18(14,15-2)16-3/h9,13H,4-8H2,1-3H3. The molecular weight excluding hydrogens is 259 g/mol. The van der Waals surface area contributed by atoms with Crippen molar-refractivity contribution in [3.8, 4) is 0 Å². The molecule has 0 heterocycles. The molecule has 0 bridgehead atoms. The van der Waals surface area contributed by atoms with Crippen LogP contribution in [0.15, 0.2) is 0 Å². The van der Waals surface area contributed by atoms with Gasteiger partial charge in [-0.3, -0.25) is 9.36 Å². The molecular formula is C11H21O6P. The first-order valence-electron chi connectivity index (χ1n) is 6.05. The average molecular weight is 280 g/mol. The first kappa shape index (κ1) is 15.6. The predicted molar refractivity (Wildman–Crippen MR) is 65.2 cm³/mol. The molecule has 0 spiro atoms. The van der Waals surface area contributed by atoms with Crippen LogP contribution < -0.4 is 0 Å². The second-order valence-electron chi connectivity index (χ2n) is 4.29. The van der Waals surface area contributed by atoms with E-state index in [0.29, 0.717) is 12.8 Å². The van der Waals surface area contributed by atoms with Crippen molar-refractivity contribution in [1.82, 2.24) is 0 Å². The van der Waals surface area contributed by atoms with E-state index in [1.54, 1.807) is 6.92 Å². The number of ether oxygens (including phenoxy) is 1. The summed E-state index contributed by atoms with van der Waals surface area (Å²) in [5.41, 5.74) is 0. The van der Waals surface area contributed by atoms with Crippen molar-refractivity contribution in [2.24, 2.45) is 5.92 Å². The van der Waals surface area contributed by atoms with Gasteiger partial charge >= 0.3 is 13.6 Å². The summed E-state index contributed by atoms with van der Waals surface area (Å²) < 4.78 is 27.1. The van der Waals surface area contributed by atoms with Gasteiger partial charge in [0.2, 0.25) is 0 Å². The molecule has 18 heavy (non-hydrogen) atoms. The molecule has 2 atom stereocenters. The van der Waals surface area contributed by atoms with E-state index in [0.717, 1.165) is 6.42 Å². The van der Waals surface area contributed by atoms with E-state index in [1.807, 2.05) is 0 Å². The van der Waals surface area contributed by atoms with Gasteiger partial charge in [0.15, 0.2) is 5.34 Å². The number of rotatable bonds is 5. The zero-order valence-corrected chi connectivity index (χ0v) is 11.9. The lowest BCUT2D eigenvalue weighted by molar-refractivity contribution is -0.157. The van der Waals surface area contributed by atoms with Gasteiger partial charge in [0, 0.05) is 14.2 Å². The van der Waals surface area contributed by atoms with Gasteiger partial charge in [0.05, 0.1) is 12.5 Å². The molecule has 1 rings (SSSR count). The molecule has 1 saturated carbocycles. The average Bonchev–Trinajstić information content (AvgIpc) is 2.38. The van der Waals surface area contributed by atoms with Crippen LogP contribution in [0.4, 0.5) is 0 Å². The SMILES string of the molecule is CCOC(=O)C1CCCCC1(O)P(=O)(OC)OC. The first-order chi connectivity index (χ1) is 8.45. The molecule has 1 N–H and O–H groups in total. The Hall–Kier alpha value is -0.420. The van der Waals surface area contributed by atoms with E-state index in [-0.39, 0.29) is 13.0 Å². The fourth-order valence-corrected chi connectivity index (χ4v) is 4.24. The summed E-state index contributed by atoms with van der Waals surface area (Å²) in [5.74, 6) is -1.41. The maximum Gasteiger partial charge on any atom is 0.362 e. The molecule has 0 aliphatic heterocycles. The van der Waals surface area contributed by atoms with E-state index in [1.165, 1.54) is 14.2 Å². The van der Waals surface area contributed by atoms with E-state index in [2.05, 4.69) is 0 Å². The summed E-state index contributed by atoms with van der Waals surface area (Å²) in [6, 6.07) is 0. The normalized spacial score (nSPS) is 29.0. The fourth-order valence-electron chi connectivity index (χ4n) is 2.41. The molecule has 0 amide bonds. The molecule has 1 aliphatic rings. The van der Waals surface area contributed by atoms with Gasteiger partial charge in [-0.15, -0.1) is 0 Å². The Kier molecular flexibility index (Phi) is 5.34. The largest absolute Gasteiger partial charge is 0.466 e. The van der Waals surface area contributed by atoms with Crippen LogP contribution in [0, 0.1) is 5.92 Å². The second-order valence-corrected chi connectivity index (χ2v) is 6.79. The van der Waals surface area contributed by atoms with Crippen LogP contribution in [0.3, 0.4) is 0 Å². The maximum atomic E-state index is 12.4. The molecule has 6 nitrogen and oxygen atoms in total. The number of esters is 1. The number of hydrogen-bond acceptors (Lipinski definition) is 6. The summed E-state index contributed by atoms with van der Waals surface area (Å²) in [4.78, 5) is 11.9. The lowest BCUT2D eigenvalue weighted by Gasteiger charge is -2.40. The Morgan fingerprint density at radius 1 is 1.39 bits per heavy atom. The van der Waals surface area contributed by atoms with Crippen LogP contribution in [-0.2, 0) is 23.1 Å². The number of carbonyl (C=O) groups is 1. The Morgan fingerprint density at radius 2 is 2.00 bits per heavy atom. The molecule has 7 heteroatoms. The third kappa shape index (κ3) is 2.62. The van der Waals surface area contributed by atoms with E-state index in [4.69, 9.17) is 13.8 Å². The Bertz CT molecular complexity index is 336. The van der Waals surface area contributed by atoms with Crippen molar-refractivity contribution >= 4 is 13.6 Å². The van der Waals surface area contributed by atoms with Crippen molar-refractivity contribution in [2.75, 3.05) is 20.8 Å². The van der Waals surface area contributed by atoms with E-state index < -0.39 is 24.8 Å². The van der Waals surface area contributed by atoms with Gasteiger partial charge in [-0.05, 0) is 26.2 Å². The summed E-state index contributed by atoms with van der Waals surface area (Å²) >= 11 is 0. The zero-order valence-electron chi connectivity index (χ0n) is 11.0. The quantitative estimate of drug-likeness (QED) is 0.612. The Morgan fingerprint density at radius 3 is 2.50 bits per heavy atom. The molecule has 2 unspecified atom stereocenters. The highest BCUT2D eigenvalue weighted by atomic mass is 31.2. The van der Waals surface area contributed by atoms with Gasteiger partial charge in [0.1, 0.15) is 0 Å². The van der Waals surface area contributed by atoms with Gasteiger partial charge in [-0.25, -0.2) is 0 Å². The van der Waals surface area contributed by atoms with Crippen LogP contribution in [0.2, 0.25) is 0 Å². The van der Waals surface area contributed by atoms with Crippen LogP contribution in [-0.4, -0.2) is 37.2 Å². The first-order valence-corrected chi connectivity index (χ1v) is 7.60. The van der Waals surface area contributed by atoms with Crippen molar-refractivity contribution in [1.29, 1.82) is 0 Å². The van der Waals surface area contributed by atoms with Gasteiger partial charge < -0.3 is 18.9 Å². The summed E-state index contributed by atoms with van der Waals surface area (Å²) in [6.07, 6.45) is 2.07. The van der Waals surface area contributed by atoms with Gasteiger partial charge in [0.25, 0.3) is 0 Å². The Labute approximate surface area is 107 Å². The molecule has 0 aromatic heterocycles. The zero-order chi connectivity index (χ0) is 13.8. The van der Waals surface area contributed by atoms with Crippen molar-refractivity contribution < 1.29 is 28.3 Å². The van der Waals surface area contributed by atoms with Crippen molar-refractivity contribution in [2.45, 2.75) is 37.9 Å². The minimum Gasteiger partial charge on any atom is -0.466 e. The molecule has 0 aromatic carbocycles. The highest BCUT2D eigenvalue weighted by Gasteiger charge is 2.58. The predicted octanol–water partition coefficient (Wildman–Crippen LogP) is 1.91. The Balaban J connectivity index is 3.06.